The zero-order valence-electron chi connectivity index (χ0n) is 11.3. The zero-order valence-corrected chi connectivity index (χ0v) is 11.3. The fourth-order valence-electron chi connectivity index (χ4n) is 2.77. The van der Waals surface area contributed by atoms with Crippen LogP contribution in [0.3, 0.4) is 0 Å². The van der Waals surface area contributed by atoms with Gasteiger partial charge in [-0.15, -0.1) is 0 Å². The van der Waals surface area contributed by atoms with Crippen molar-refractivity contribution in [3.63, 3.8) is 0 Å². The van der Waals surface area contributed by atoms with Crippen molar-refractivity contribution < 1.29 is 18.9 Å². The number of fused-ring (bicyclic) bond motifs is 2. The van der Waals surface area contributed by atoms with Crippen molar-refractivity contribution >= 4 is 0 Å². The standard InChI is InChI=1S/C15H20O4/c1-10-14-12(8-13(16-2)15(18-10)19-14)17-9-11-6-4-3-5-7-11/h3-7,10,12-15H,8-9H2,1-2H3/t10-,12-,13+,14-,15-/m0/s1. The van der Waals surface area contributed by atoms with Crippen molar-refractivity contribution in [3.05, 3.63) is 35.9 Å². The second-order valence-corrected chi connectivity index (χ2v) is 5.16. The smallest absolute Gasteiger partial charge is 0.184 e. The number of hydrogen-bond donors (Lipinski definition) is 0. The summed E-state index contributed by atoms with van der Waals surface area (Å²) in [5.41, 5.74) is 1.17. The average Bonchev–Trinajstić information content (AvgIpc) is 2.77. The van der Waals surface area contributed by atoms with Gasteiger partial charge in [0.2, 0.25) is 0 Å². The Morgan fingerprint density at radius 1 is 1.16 bits per heavy atom. The Hall–Kier alpha value is -0.940. The molecule has 0 radical (unpaired) electrons. The predicted octanol–water partition coefficient (Wildman–Crippen LogP) is 2.12. The molecule has 1 aromatic rings. The predicted molar refractivity (Wildman–Crippen MR) is 69.6 cm³/mol. The van der Waals surface area contributed by atoms with E-state index in [0.717, 1.165) is 6.42 Å². The van der Waals surface area contributed by atoms with Crippen LogP contribution in [-0.4, -0.2) is 37.8 Å². The molecule has 4 heteroatoms. The highest BCUT2D eigenvalue weighted by Crippen LogP contribution is 2.35. The van der Waals surface area contributed by atoms with E-state index in [-0.39, 0.29) is 30.7 Å². The van der Waals surface area contributed by atoms with Crippen molar-refractivity contribution in [1.82, 2.24) is 0 Å². The molecular weight excluding hydrogens is 244 g/mol. The van der Waals surface area contributed by atoms with E-state index < -0.39 is 0 Å². The van der Waals surface area contributed by atoms with Crippen molar-refractivity contribution in [1.29, 1.82) is 0 Å². The molecule has 0 N–H and O–H groups in total. The minimum absolute atomic E-state index is 0.0140. The molecule has 0 amide bonds. The van der Waals surface area contributed by atoms with Gasteiger partial charge in [-0.1, -0.05) is 30.3 Å². The highest BCUT2D eigenvalue weighted by molar-refractivity contribution is 5.13. The summed E-state index contributed by atoms with van der Waals surface area (Å²) in [6, 6.07) is 10.2. The lowest BCUT2D eigenvalue weighted by molar-refractivity contribution is -0.201. The molecule has 5 atom stereocenters. The second kappa shape index (κ2) is 5.59. The third-order valence-corrected chi connectivity index (χ3v) is 3.85. The summed E-state index contributed by atoms with van der Waals surface area (Å²) in [5, 5.41) is 0. The van der Waals surface area contributed by atoms with Crippen molar-refractivity contribution in [2.75, 3.05) is 7.11 Å². The third kappa shape index (κ3) is 2.67. The maximum Gasteiger partial charge on any atom is 0.184 e. The van der Waals surface area contributed by atoms with E-state index >= 15 is 0 Å². The van der Waals surface area contributed by atoms with Gasteiger partial charge in [-0.2, -0.15) is 0 Å². The Morgan fingerprint density at radius 2 is 1.95 bits per heavy atom. The van der Waals surface area contributed by atoms with E-state index in [2.05, 4.69) is 12.1 Å². The topological polar surface area (TPSA) is 36.9 Å². The first-order valence-corrected chi connectivity index (χ1v) is 6.77. The van der Waals surface area contributed by atoms with Crippen LogP contribution in [-0.2, 0) is 25.6 Å². The van der Waals surface area contributed by atoms with Crippen LogP contribution in [0.2, 0.25) is 0 Å². The minimum Gasteiger partial charge on any atom is -0.376 e. The minimum atomic E-state index is -0.235. The Morgan fingerprint density at radius 3 is 2.68 bits per heavy atom. The summed E-state index contributed by atoms with van der Waals surface area (Å²) in [4.78, 5) is 0. The van der Waals surface area contributed by atoms with E-state index in [0.29, 0.717) is 6.61 Å². The third-order valence-electron chi connectivity index (χ3n) is 3.85. The Labute approximate surface area is 113 Å². The van der Waals surface area contributed by atoms with Crippen LogP contribution in [0.1, 0.15) is 18.9 Å². The summed E-state index contributed by atoms with van der Waals surface area (Å²) >= 11 is 0. The van der Waals surface area contributed by atoms with Crippen LogP contribution >= 0.6 is 0 Å². The first-order chi connectivity index (χ1) is 9.28. The molecule has 0 spiro atoms. The summed E-state index contributed by atoms with van der Waals surface area (Å²) in [6.07, 6.45) is 0.650. The molecule has 0 aromatic heterocycles. The lowest BCUT2D eigenvalue weighted by Crippen LogP contribution is -2.45. The summed E-state index contributed by atoms with van der Waals surface area (Å²) in [5.74, 6) is 0. The van der Waals surface area contributed by atoms with Crippen LogP contribution in [0, 0.1) is 0 Å². The van der Waals surface area contributed by atoms with E-state index in [1.165, 1.54) is 5.56 Å². The quantitative estimate of drug-likeness (QED) is 0.834. The Balaban J connectivity index is 1.63. The molecule has 1 aromatic carbocycles. The summed E-state index contributed by atoms with van der Waals surface area (Å²) < 4.78 is 23.0. The van der Waals surface area contributed by atoms with E-state index in [4.69, 9.17) is 18.9 Å². The monoisotopic (exact) mass is 264 g/mol. The van der Waals surface area contributed by atoms with Crippen molar-refractivity contribution in [3.8, 4) is 0 Å². The normalized spacial score (nSPS) is 37.5. The number of hydrogen-bond acceptors (Lipinski definition) is 4. The zero-order chi connectivity index (χ0) is 13.2. The second-order valence-electron chi connectivity index (χ2n) is 5.16. The number of benzene rings is 1. The highest BCUT2D eigenvalue weighted by atomic mass is 16.8. The fraction of sp³-hybridized carbons (Fsp3) is 0.600. The van der Waals surface area contributed by atoms with E-state index in [1.54, 1.807) is 7.11 Å². The van der Waals surface area contributed by atoms with Crippen LogP contribution < -0.4 is 0 Å². The SMILES string of the molecule is CO[C@@H]1C[C@H](OCc2ccccc2)[C@H]2O[C@@H]1O[C@H]2C. The van der Waals surface area contributed by atoms with Gasteiger partial charge in [0.25, 0.3) is 0 Å². The molecule has 2 bridgehead atoms. The van der Waals surface area contributed by atoms with Gasteiger partial charge < -0.3 is 18.9 Å². The first kappa shape index (κ1) is 13.1. The summed E-state index contributed by atoms with van der Waals surface area (Å²) in [7, 11) is 1.69. The van der Waals surface area contributed by atoms with Gasteiger partial charge in [0.05, 0.1) is 18.8 Å². The van der Waals surface area contributed by atoms with Crippen LogP contribution in [0.15, 0.2) is 30.3 Å². The number of methoxy groups -OCH3 is 1. The molecule has 19 heavy (non-hydrogen) atoms. The van der Waals surface area contributed by atoms with Crippen LogP contribution in [0.25, 0.3) is 0 Å². The molecule has 2 aliphatic rings. The van der Waals surface area contributed by atoms with Gasteiger partial charge in [0.1, 0.15) is 12.2 Å². The average molecular weight is 264 g/mol. The lowest BCUT2D eigenvalue weighted by atomic mass is 10.0. The number of rotatable bonds is 4. The van der Waals surface area contributed by atoms with Gasteiger partial charge >= 0.3 is 0 Å². The van der Waals surface area contributed by atoms with Gasteiger partial charge in [-0.3, -0.25) is 0 Å². The molecule has 2 heterocycles. The van der Waals surface area contributed by atoms with Crippen LogP contribution in [0.5, 0.6) is 0 Å². The Bertz CT molecular complexity index is 408. The van der Waals surface area contributed by atoms with Crippen molar-refractivity contribution in [2.45, 2.75) is 50.7 Å². The Kier molecular flexibility index (Phi) is 3.84. The highest BCUT2D eigenvalue weighted by Gasteiger charge is 2.48. The lowest BCUT2D eigenvalue weighted by Gasteiger charge is -2.33. The van der Waals surface area contributed by atoms with Gasteiger partial charge in [-0.05, 0) is 12.5 Å². The maximum atomic E-state index is 6.02. The molecule has 0 aliphatic carbocycles. The molecule has 2 saturated heterocycles. The molecule has 104 valence electrons. The van der Waals surface area contributed by atoms with E-state index in [9.17, 15) is 0 Å². The largest absolute Gasteiger partial charge is 0.376 e. The molecule has 0 saturated carbocycles. The van der Waals surface area contributed by atoms with Gasteiger partial charge in [0.15, 0.2) is 6.29 Å². The van der Waals surface area contributed by atoms with Gasteiger partial charge in [-0.25, -0.2) is 0 Å². The van der Waals surface area contributed by atoms with Crippen molar-refractivity contribution in [2.24, 2.45) is 0 Å². The molecule has 4 nitrogen and oxygen atoms in total. The molecule has 0 unspecified atom stereocenters. The molecule has 2 aliphatic heterocycles. The van der Waals surface area contributed by atoms with Crippen LogP contribution in [0.4, 0.5) is 0 Å². The fourth-order valence-corrected chi connectivity index (χ4v) is 2.77. The van der Waals surface area contributed by atoms with E-state index in [1.807, 2.05) is 25.1 Å². The summed E-state index contributed by atoms with van der Waals surface area (Å²) in [6.45, 7) is 2.63. The first-order valence-electron chi connectivity index (χ1n) is 6.77. The molecule has 3 rings (SSSR count). The molecular formula is C15H20O4. The molecule has 2 fully saturated rings. The van der Waals surface area contributed by atoms with Gasteiger partial charge in [0, 0.05) is 13.5 Å². The number of ether oxygens (including phenoxy) is 4. The maximum absolute atomic E-state index is 6.02.